The number of aliphatic hydroxyl groups excluding tert-OH is 1. The van der Waals surface area contributed by atoms with Crippen molar-refractivity contribution in [3.05, 3.63) is 65.5 Å². The largest absolute Gasteiger partial charge is 0.497 e. The van der Waals surface area contributed by atoms with Crippen molar-refractivity contribution in [2.45, 2.75) is 31.9 Å². The van der Waals surface area contributed by atoms with E-state index in [1.165, 1.54) is 24.3 Å². The first-order chi connectivity index (χ1) is 11.4. The third-order valence-electron chi connectivity index (χ3n) is 4.06. The number of benzene rings is 2. The van der Waals surface area contributed by atoms with Gasteiger partial charge in [0.25, 0.3) is 0 Å². The molecule has 2 aromatic rings. The van der Waals surface area contributed by atoms with Crippen LogP contribution in [-0.4, -0.2) is 24.2 Å². The van der Waals surface area contributed by atoms with Gasteiger partial charge in [-0.1, -0.05) is 24.3 Å². The summed E-state index contributed by atoms with van der Waals surface area (Å²) >= 11 is 0. The van der Waals surface area contributed by atoms with Crippen molar-refractivity contribution in [1.29, 1.82) is 0 Å². The van der Waals surface area contributed by atoms with Crippen LogP contribution in [0, 0.1) is 5.82 Å². The van der Waals surface area contributed by atoms with Gasteiger partial charge in [0.1, 0.15) is 11.6 Å². The van der Waals surface area contributed by atoms with Gasteiger partial charge >= 0.3 is 0 Å². The summed E-state index contributed by atoms with van der Waals surface area (Å²) < 4.78 is 18.1. The smallest absolute Gasteiger partial charge is 0.227 e. The maximum absolute atomic E-state index is 12.9. The van der Waals surface area contributed by atoms with Crippen LogP contribution in [0.4, 0.5) is 4.39 Å². The summed E-state index contributed by atoms with van der Waals surface area (Å²) in [5, 5.41) is 13.1. The molecule has 0 saturated carbocycles. The van der Waals surface area contributed by atoms with Gasteiger partial charge in [-0.3, -0.25) is 4.79 Å². The maximum atomic E-state index is 12.9. The third-order valence-corrected chi connectivity index (χ3v) is 4.06. The van der Waals surface area contributed by atoms with Gasteiger partial charge < -0.3 is 15.2 Å². The highest BCUT2D eigenvalue weighted by Gasteiger charge is 2.22. The number of carbonyl (C=O) groups excluding carboxylic acids is 1. The Balaban J connectivity index is 2.00. The molecule has 4 nitrogen and oxygen atoms in total. The summed E-state index contributed by atoms with van der Waals surface area (Å²) in [4.78, 5) is 12.4. The molecule has 0 aliphatic heterocycles. The minimum absolute atomic E-state index is 0.186. The van der Waals surface area contributed by atoms with Crippen LogP contribution in [0.5, 0.6) is 5.75 Å². The molecule has 2 aromatic carbocycles. The Morgan fingerprint density at radius 2 is 1.58 bits per heavy atom. The summed E-state index contributed by atoms with van der Waals surface area (Å²) in [5.74, 6) is -0.185. The fourth-order valence-corrected chi connectivity index (χ4v) is 2.42. The number of carbonyl (C=O) groups is 1. The molecule has 0 fully saturated rings. The van der Waals surface area contributed by atoms with Crippen molar-refractivity contribution >= 4 is 5.91 Å². The monoisotopic (exact) mass is 331 g/mol. The van der Waals surface area contributed by atoms with Crippen LogP contribution in [0.25, 0.3) is 0 Å². The molecule has 0 bridgehead atoms. The van der Waals surface area contributed by atoms with E-state index >= 15 is 0 Å². The Kier molecular flexibility index (Phi) is 5.93. The van der Waals surface area contributed by atoms with Gasteiger partial charge in [-0.05, 0) is 49.2 Å². The Hall–Kier alpha value is -2.40. The number of hydrogen-bond donors (Lipinski definition) is 2. The molecule has 0 spiro atoms. The van der Waals surface area contributed by atoms with Crippen LogP contribution in [0.3, 0.4) is 0 Å². The second kappa shape index (κ2) is 7.93. The van der Waals surface area contributed by atoms with Gasteiger partial charge in [-0.25, -0.2) is 4.39 Å². The number of nitrogens with one attached hydrogen (secondary N) is 1. The van der Waals surface area contributed by atoms with Crippen molar-refractivity contribution < 1.29 is 19.0 Å². The molecule has 1 amide bonds. The van der Waals surface area contributed by atoms with Crippen LogP contribution >= 0.6 is 0 Å². The van der Waals surface area contributed by atoms with E-state index in [0.29, 0.717) is 5.56 Å². The molecule has 0 heterocycles. The fourth-order valence-electron chi connectivity index (χ4n) is 2.42. The van der Waals surface area contributed by atoms with Crippen molar-refractivity contribution in [3.8, 4) is 5.75 Å². The average Bonchev–Trinajstić information content (AvgIpc) is 2.61. The van der Waals surface area contributed by atoms with Crippen LogP contribution < -0.4 is 10.1 Å². The van der Waals surface area contributed by atoms with Crippen LogP contribution in [0.15, 0.2) is 48.5 Å². The second-order valence-electron chi connectivity index (χ2n) is 5.79. The summed E-state index contributed by atoms with van der Waals surface area (Å²) in [6.45, 7) is 3.51. The number of methoxy groups -OCH3 is 1. The minimum atomic E-state index is -0.905. The first-order valence-electron chi connectivity index (χ1n) is 7.80. The van der Waals surface area contributed by atoms with Crippen LogP contribution in [-0.2, 0) is 4.79 Å². The quantitative estimate of drug-likeness (QED) is 0.855. The van der Waals surface area contributed by atoms with E-state index in [1.54, 1.807) is 33.1 Å². The molecule has 2 N–H and O–H groups in total. The highest BCUT2D eigenvalue weighted by atomic mass is 19.1. The van der Waals surface area contributed by atoms with E-state index in [1.807, 2.05) is 12.1 Å². The molecule has 5 heteroatoms. The number of hydrogen-bond acceptors (Lipinski definition) is 3. The van der Waals surface area contributed by atoms with E-state index in [2.05, 4.69) is 5.32 Å². The molecular weight excluding hydrogens is 309 g/mol. The van der Waals surface area contributed by atoms with Crippen molar-refractivity contribution in [1.82, 2.24) is 5.32 Å². The van der Waals surface area contributed by atoms with E-state index in [-0.39, 0.29) is 17.6 Å². The molecule has 0 aromatic heterocycles. The van der Waals surface area contributed by atoms with Crippen LogP contribution in [0.1, 0.15) is 37.0 Å². The SMILES string of the molecule is COc1ccc(C(C)C(=O)NC(C)C(O)c2ccc(F)cc2)cc1. The van der Waals surface area contributed by atoms with Crippen molar-refractivity contribution in [2.24, 2.45) is 0 Å². The third kappa shape index (κ3) is 4.32. The predicted molar refractivity (Wildman–Crippen MR) is 90.4 cm³/mol. The van der Waals surface area contributed by atoms with Gasteiger partial charge in [-0.15, -0.1) is 0 Å². The van der Waals surface area contributed by atoms with E-state index in [0.717, 1.165) is 11.3 Å². The molecule has 0 saturated heterocycles. The molecule has 0 radical (unpaired) electrons. The van der Waals surface area contributed by atoms with Crippen LogP contribution in [0.2, 0.25) is 0 Å². The topological polar surface area (TPSA) is 58.6 Å². The molecule has 2 rings (SSSR count). The number of aliphatic hydroxyl groups is 1. The Morgan fingerprint density at radius 1 is 1.04 bits per heavy atom. The number of ether oxygens (including phenoxy) is 1. The summed E-state index contributed by atoms with van der Waals surface area (Å²) in [6.07, 6.45) is -0.905. The molecule has 3 unspecified atom stereocenters. The highest BCUT2D eigenvalue weighted by molar-refractivity contribution is 5.83. The number of rotatable bonds is 6. The van der Waals surface area contributed by atoms with Crippen molar-refractivity contribution in [3.63, 3.8) is 0 Å². The Morgan fingerprint density at radius 3 is 2.12 bits per heavy atom. The molecule has 24 heavy (non-hydrogen) atoms. The van der Waals surface area contributed by atoms with Gasteiger partial charge in [0.05, 0.1) is 25.2 Å². The second-order valence-corrected chi connectivity index (χ2v) is 5.79. The predicted octanol–water partition coefficient (Wildman–Crippen LogP) is 3.18. The standard InChI is InChI=1S/C19H22FNO3/c1-12(14-6-10-17(24-3)11-7-14)19(23)21-13(2)18(22)15-4-8-16(20)9-5-15/h4-13,18,22H,1-3H3,(H,21,23). The Bertz CT molecular complexity index is 670. The summed E-state index contributed by atoms with van der Waals surface area (Å²) in [7, 11) is 1.59. The highest BCUT2D eigenvalue weighted by Crippen LogP contribution is 2.21. The lowest BCUT2D eigenvalue weighted by molar-refractivity contribution is -0.123. The van der Waals surface area contributed by atoms with Gasteiger partial charge in [-0.2, -0.15) is 0 Å². The fraction of sp³-hybridized carbons (Fsp3) is 0.316. The lowest BCUT2D eigenvalue weighted by Gasteiger charge is -2.23. The number of halogens is 1. The maximum Gasteiger partial charge on any atom is 0.227 e. The zero-order chi connectivity index (χ0) is 17.7. The molecule has 0 aliphatic rings. The van der Waals surface area contributed by atoms with Crippen molar-refractivity contribution in [2.75, 3.05) is 7.11 Å². The molecule has 128 valence electrons. The Labute approximate surface area is 141 Å². The summed E-state index contributed by atoms with van der Waals surface area (Å²) in [5.41, 5.74) is 1.41. The molecule has 0 aliphatic carbocycles. The first kappa shape index (κ1) is 17.9. The van der Waals surface area contributed by atoms with Gasteiger partial charge in [0.15, 0.2) is 0 Å². The lowest BCUT2D eigenvalue weighted by atomic mass is 9.98. The first-order valence-corrected chi connectivity index (χ1v) is 7.80. The lowest BCUT2D eigenvalue weighted by Crippen LogP contribution is -2.39. The zero-order valence-corrected chi connectivity index (χ0v) is 14.0. The number of amides is 1. The average molecular weight is 331 g/mol. The van der Waals surface area contributed by atoms with E-state index in [4.69, 9.17) is 4.74 Å². The minimum Gasteiger partial charge on any atom is -0.497 e. The van der Waals surface area contributed by atoms with E-state index < -0.39 is 12.1 Å². The summed E-state index contributed by atoms with van der Waals surface area (Å²) in [6, 6.07) is 12.4. The normalized spacial score (nSPS) is 14.5. The molecular formula is C19H22FNO3. The van der Waals surface area contributed by atoms with E-state index in [9.17, 15) is 14.3 Å². The molecule has 3 atom stereocenters. The van der Waals surface area contributed by atoms with Gasteiger partial charge in [0, 0.05) is 0 Å². The van der Waals surface area contributed by atoms with Gasteiger partial charge in [0.2, 0.25) is 5.91 Å². The zero-order valence-electron chi connectivity index (χ0n) is 14.0.